The van der Waals surface area contributed by atoms with Gasteiger partial charge in [-0.3, -0.25) is 0 Å². The number of rotatable bonds is 18. The summed E-state index contributed by atoms with van der Waals surface area (Å²) in [5.41, 5.74) is 7.83. The van der Waals surface area contributed by atoms with Crippen LogP contribution in [0.1, 0.15) is 21.7 Å². The molecule has 428 valence electrons. The minimum Gasteiger partial charge on any atom is -0.311 e. The van der Waals surface area contributed by atoms with E-state index in [1.54, 1.807) is 230 Å². The van der Waals surface area contributed by atoms with Gasteiger partial charge in [-0.15, -0.1) is 11.3 Å². The van der Waals surface area contributed by atoms with E-state index in [0.717, 1.165) is 43.3 Å². The average Bonchev–Trinajstić information content (AvgIpc) is 2.77. The molecule has 0 N–H and O–H groups in total. The zero-order chi connectivity index (χ0) is 60.2. The number of hydrogen-bond donors (Lipinski definition) is 0. The normalized spacial score (nSPS) is 12.2. The fraction of sp³-hybridized carbons (Fsp3) is 0. The summed E-state index contributed by atoms with van der Waals surface area (Å²) < 4.78 is 109. The lowest BCUT2D eigenvalue weighted by atomic mass is 10.1. The van der Waals surface area contributed by atoms with E-state index in [2.05, 4.69) is 6.07 Å². The van der Waals surface area contributed by atoms with E-state index in [1.165, 1.54) is 0 Å². The standard InChI is InChI=1S/C71H51N3O8S5/c75-84(76,61-13-5-1-6-14-61)65-41-33-57(34-42-65)73(58-35-43-66(44-36-58)85(77,78)62-15-7-2-8-16-62)55-29-23-52(24-30-55)21-22-54-27-49-69-70(51-54)83-71(72-69)50-28-53-25-31-56(32-26-53)74(59-37-45-67(46-38-59)86(79,80)63-17-9-3-10-18-63)60-39-47-68(48-40-60)87(81,82)64-19-11-4-12-20-64/h1-51H/b22-21+,50-28+. The number of hydrogen-bond acceptors (Lipinski definition) is 12. The maximum atomic E-state index is 13.5. The first kappa shape index (κ1) is 57.6. The van der Waals surface area contributed by atoms with E-state index < -0.39 is 39.3 Å². The smallest absolute Gasteiger partial charge is 0.206 e. The molecule has 0 amide bonds. The van der Waals surface area contributed by atoms with Crippen LogP contribution in [0.15, 0.2) is 324 Å². The molecule has 1 heterocycles. The van der Waals surface area contributed by atoms with Crippen molar-refractivity contribution in [3.05, 3.63) is 307 Å². The Morgan fingerprint density at radius 1 is 0.264 bits per heavy atom. The third-order valence-electron chi connectivity index (χ3n) is 14.5. The Labute approximate surface area is 510 Å². The number of sulfone groups is 4. The van der Waals surface area contributed by atoms with Crippen LogP contribution in [0.2, 0.25) is 0 Å². The van der Waals surface area contributed by atoms with Crippen LogP contribution in [0.3, 0.4) is 0 Å². The van der Waals surface area contributed by atoms with Crippen LogP contribution in [-0.4, -0.2) is 38.7 Å². The highest BCUT2D eigenvalue weighted by Crippen LogP contribution is 2.39. The molecule has 87 heavy (non-hydrogen) atoms. The predicted molar refractivity (Wildman–Crippen MR) is 347 cm³/mol. The number of benzene rings is 11. The molecule has 12 aromatic rings. The molecule has 0 radical (unpaired) electrons. The Kier molecular flexibility index (Phi) is 16.1. The van der Waals surface area contributed by atoms with E-state index in [-0.39, 0.29) is 39.2 Å². The van der Waals surface area contributed by atoms with Crippen molar-refractivity contribution in [3.8, 4) is 0 Å². The molecule has 0 bridgehead atoms. The molecule has 0 unspecified atom stereocenters. The fourth-order valence-corrected chi connectivity index (χ4v) is 15.9. The Hall–Kier alpha value is -9.81. The van der Waals surface area contributed by atoms with Gasteiger partial charge in [0, 0.05) is 34.1 Å². The summed E-state index contributed by atoms with van der Waals surface area (Å²) in [4.78, 5) is 10.1. The van der Waals surface area contributed by atoms with Gasteiger partial charge in [-0.2, -0.15) is 0 Å². The van der Waals surface area contributed by atoms with Crippen LogP contribution in [-0.2, 0) is 39.3 Å². The summed E-state index contributed by atoms with van der Waals surface area (Å²) in [6, 6.07) is 81.4. The Balaban J connectivity index is 0.769. The lowest BCUT2D eigenvalue weighted by Crippen LogP contribution is -2.11. The van der Waals surface area contributed by atoms with Crippen LogP contribution in [0, 0.1) is 0 Å². The van der Waals surface area contributed by atoms with Gasteiger partial charge < -0.3 is 9.80 Å². The molecule has 0 saturated carbocycles. The first-order chi connectivity index (χ1) is 42.1. The Morgan fingerprint density at radius 2 is 0.506 bits per heavy atom. The van der Waals surface area contributed by atoms with Crippen LogP contribution in [0.4, 0.5) is 34.1 Å². The van der Waals surface area contributed by atoms with Crippen LogP contribution >= 0.6 is 11.3 Å². The monoisotopic (exact) mass is 1230 g/mol. The Morgan fingerprint density at radius 3 is 0.805 bits per heavy atom. The van der Waals surface area contributed by atoms with Gasteiger partial charge in [0.2, 0.25) is 39.3 Å². The van der Waals surface area contributed by atoms with E-state index in [9.17, 15) is 33.7 Å². The molecule has 0 aliphatic carbocycles. The second kappa shape index (κ2) is 24.3. The zero-order valence-corrected chi connectivity index (χ0v) is 50.2. The highest BCUT2D eigenvalue weighted by molar-refractivity contribution is 7.92. The zero-order valence-electron chi connectivity index (χ0n) is 46.1. The molecule has 16 heteroatoms. The largest absolute Gasteiger partial charge is 0.311 e. The van der Waals surface area contributed by atoms with Crippen molar-refractivity contribution < 1.29 is 33.7 Å². The SMILES string of the molecule is O=S(=O)(c1ccccc1)c1ccc(N(c2ccc(/C=C/c3ccc4nc(/C=C/c5ccc(N(c6ccc(S(=O)(=O)c7ccccc7)cc6)c6ccc(S(=O)(=O)c7ccccc7)cc6)cc5)sc4c3)cc2)c2ccc(S(=O)(=O)c3ccccc3)cc2)cc1. The third kappa shape index (κ3) is 12.2. The van der Waals surface area contributed by atoms with Gasteiger partial charge in [0.1, 0.15) is 5.01 Å². The first-order valence-corrected chi connectivity index (χ1v) is 34.0. The first-order valence-electron chi connectivity index (χ1n) is 27.3. The van der Waals surface area contributed by atoms with Crippen LogP contribution in [0.5, 0.6) is 0 Å². The van der Waals surface area contributed by atoms with Crippen molar-refractivity contribution in [3.63, 3.8) is 0 Å². The van der Waals surface area contributed by atoms with E-state index in [1.807, 2.05) is 94.8 Å². The van der Waals surface area contributed by atoms with Gasteiger partial charge in [0.25, 0.3) is 0 Å². The highest BCUT2D eigenvalue weighted by atomic mass is 32.2. The maximum absolute atomic E-state index is 13.5. The molecule has 11 aromatic carbocycles. The van der Waals surface area contributed by atoms with Crippen LogP contribution < -0.4 is 9.80 Å². The summed E-state index contributed by atoms with van der Waals surface area (Å²) in [6.07, 6.45) is 8.01. The summed E-state index contributed by atoms with van der Waals surface area (Å²) in [5.74, 6) is 0. The van der Waals surface area contributed by atoms with Gasteiger partial charge in [0.05, 0.1) is 49.4 Å². The third-order valence-corrected chi connectivity index (χ3v) is 22.6. The summed E-state index contributed by atoms with van der Waals surface area (Å²) in [6.45, 7) is 0. The number of anilines is 6. The average molecular weight is 1230 g/mol. The minimum absolute atomic E-state index is 0.142. The summed E-state index contributed by atoms with van der Waals surface area (Å²) in [5, 5.41) is 0.813. The minimum atomic E-state index is -3.78. The van der Waals surface area contributed by atoms with Gasteiger partial charge >= 0.3 is 0 Å². The molecule has 0 aliphatic rings. The van der Waals surface area contributed by atoms with Gasteiger partial charge in [-0.05, 0) is 205 Å². The number of nitrogens with zero attached hydrogens (tertiary/aromatic N) is 3. The molecule has 0 saturated heterocycles. The van der Waals surface area contributed by atoms with Crippen molar-refractivity contribution in [2.45, 2.75) is 39.2 Å². The fourth-order valence-electron chi connectivity index (χ4n) is 9.90. The van der Waals surface area contributed by atoms with E-state index in [0.29, 0.717) is 22.7 Å². The summed E-state index contributed by atoms with van der Waals surface area (Å²) >= 11 is 1.56. The van der Waals surface area contributed by atoms with Crippen molar-refractivity contribution in [2.24, 2.45) is 0 Å². The Bertz CT molecular complexity index is 4450. The lowest BCUT2D eigenvalue weighted by molar-refractivity contribution is 0.594. The topological polar surface area (TPSA) is 156 Å². The van der Waals surface area contributed by atoms with Gasteiger partial charge in [-0.25, -0.2) is 38.7 Å². The molecule has 1 aromatic heterocycles. The van der Waals surface area contributed by atoms with Crippen molar-refractivity contribution in [2.75, 3.05) is 9.80 Å². The molecule has 0 fully saturated rings. The molecular formula is C71H51N3O8S5. The molecular weight excluding hydrogens is 1180 g/mol. The second-order valence-corrected chi connectivity index (χ2v) is 28.9. The number of fused-ring (bicyclic) bond motifs is 1. The molecule has 11 nitrogen and oxygen atoms in total. The lowest BCUT2D eigenvalue weighted by Gasteiger charge is -2.26. The van der Waals surface area contributed by atoms with E-state index >= 15 is 0 Å². The molecule has 0 aliphatic heterocycles. The van der Waals surface area contributed by atoms with Gasteiger partial charge in [0.15, 0.2) is 0 Å². The number of aromatic nitrogens is 1. The molecule has 0 spiro atoms. The predicted octanol–water partition coefficient (Wildman–Crippen LogP) is 16.9. The molecule has 0 atom stereocenters. The van der Waals surface area contributed by atoms with Gasteiger partial charge in [-0.1, -0.05) is 121 Å². The highest BCUT2D eigenvalue weighted by Gasteiger charge is 2.24. The van der Waals surface area contributed by atoms with Crippen molar-refractivity contribution >= 4 is 119 Å². The second-order valence-electron chi connectivity index (χ2n) is 20.0. The molecule has 12 rings (SSSR count). The summed E-state index contributed by atoms with van der Waals surface area (Å²) in [7, 11) is -15.1. The van der Waals surface area contributed by atoms with Crippen LogP contribution in [0.25, 0.3) is 34.5 Å². The quantitative estimate of drug-likeness (QED) is 0.0754. The maximum Gasteiger partial charge on any atom is 0.206 e. The van der Waals surface area contributed by atoms with Crippen molar-refractivity contribution in [1.82, 2.24) is 4.98 Å². The van der Waals surface area contributed by atoms with E-state index in [4.69, 9.17) is 4.98 Å². The number of thiazole rings is 1. The van der Waals surface area contributed by atoms with Crippen molar-refractivity contribution in [1.29, 1.82) is 0 Å².